The van der Waals surface area contributed by atoms with E-state index in [1.165, 1.54) is 30.6 Å². The van der Waals surface area contributed by atoms with Gasteiger partial charge in [-0.2, -0.15) is 8.78 Å². The number of halogens is 4. The number of nitrogens with zero attached hydrogens (tertiary/aromatic N) is 1. The zero-order valence-corrected chi connectivity index (χ0v) is 12.8. The maximum atomic E-state index is 14.6. The molecule has 3 nitrogen and oxygen atoms in total. The van der Waals surface area contributed by atoms with Crippen molar-refractivity contribution in [2.75, 3.05) is 6.61 Å². The fourth-order valence-corrected chi connectivity index (χ4v) is 2.44. The third-order valence-electron chi connectivity index (χ3n) is 3.50. The Balaban J connectivity index is 2.29. The van der Waals surface area contributed by atoms with Crippen LogP contribution in [0.25, 0.3) is 5.57 Å². The molecule has 2 aromatic rings. The fraction of sp³-hybridized carbons (Fsp3) is 0.0556. The third-order valence-corrected chi connectivity index (χ3v) is 3.50. The van der Waals surface area contributed by atoms with Crippen molar-refractivity contribution in [3.8, 4) is 5.75 Å². The van der Waals surface area contributed by atoms with Crippen LogP contribution in [0.1, 0.15) is 11.3 Å². The molecule has 0 bridgehead atoms. The van der Waals surface area contributed by atoms with Gasteiger partial charge in [-0.25, -0.2) is 8.78 Å². The Morgan fingerprint density at radius 1 is 1.16 bits per heavy atom. The summed E-state index contributed by atoms with van der Waals surface area (Å²) in [5.41, 5.74) is -0.533. The number of rotatable bonds is 5. The van der Waals surface area contributed by atoms with Gasteiger partial charge in [0, 0.05) is 23.7 Å². The van der Waals surface area contributed by atoms with E-state index < -0.39 is 34.6 Å². The van der Waals surface area contributed by atoms with Crippen molar-refractivity contribution in [3.63, 3.8) is 0 Å². The Hall–Kier alpha value is -3.09. The van der Waals surface area contributed by atoms with E-state index in [4.69, 9.17) is 4.74 Å². The third kappa shape index (κ3) is 2.88. The van der Waals surface area contributed by atoms with Crippen molar-refractivity contribution in [2.24, 2.45) is 4.99 Å². The second-order valence-corrected chi connectivity index (χ2v) is 5.04. The molecule has 1 N–H and O–H groups in total. The molecular formula is C18H12F4N2O. The number of ether oxygens (including phenoxy) is 1. The highest BCUT2D eigenvalue weighted by atomic mass is 19.2. The van der Waals surface area contributed by atoms with Crippen molar-refractivity contribution in [2.45, 2.75) is 0 Å². The Morgan fingerprint density at radius 2 is 1.88 bits per heavy atom. The molecule has 1 aromatic heterocycles. The lowest BCUT2D eigenvalue weighted by molar-refractivity contribution is 0.301. The van der Waals surface area contributed by atoms with Crippen molar-refractivity contribution in [1.29, 1.82) is 0 Å². The molecule has 0 fully saturated rings. The first-order valence-corrected chi connectivity index (χ1v) is 7.25. The normalized spacial score (nSPS) is 14.9. The molecule has 0 saturated carbocycles. The van der Waals surface area contributed by atoms with Crippen molar-refractivity contribution in [3.05, 3.63) is 83.4 Å². The smallest absolute Gasteiger partial charge is 0.204 e. The molecule has 7 heteroatoms. The molecule has 2 heterocycles. The van der Waals surface area contributed by atoms with Gasteiger partial charge in [0.25, 0.3) is 0 Å². The highest BCUT2D eigenvalue weighted by Crippen LogP contribution is 2.38. The summed E-state index contributed by atoms with van der Waals surface area (Å²) in [4.78, 5) is 6.75. The maximum absolute atomic E-state index is 14.6. The second-order valence-electron chi connectivity index (χ2n) is 5.04. The van der Waals surface area contributed by atoms with Crippen LogP contribution < -0.4 is 4.74 Å². The number of H-pyrrole nitrogens is 1. The first-order valence-electron chi connectivity index (χ1n) is 7.25. The predicted octanol–water partition coefficient (Wildman–Crippen LogP) is 4.54. The van der Waals surface area contributed by atoms with Crippen LogP contribution in [0.5, 0.6) is 5.75 Å². The molecule has 0 aliphatic carbocycles. The zero-order valence-electron chi connectivity index (χ0n) is 12.8. The van der Waals surface area contributed by atoms with Crippen LogP contribution in [0.3, 0.4) is 0 Å². The molecule has 0 saturated heterocycles. The van der Waals surface area contributed by atoms with Gasteiger partial charge in [-0.3, -0.25) is 4.99 Å². The summed E-state index contributed by atoms with van der Waals surface area (Å²) in [7, 11) is 0. The summed E-state index contributed by atoms with van der Waals surface area (Å²) in [5, 5.41) is 0. The Bertz CT molecular complexity index is 869. The Kier molecular flexibility index (Phi) is 4.56. The molecular weight excluding hydrogens is 336 g/mol. The van der Waals surface area contributed by atoms with E-state index in [-0.39, 0.29) is 23.6 Å². The number of hydrogen-bond donors (Lipinski definition) is 1. The molecule has 0 spiro atoms. The minimum Gasteiger partial charge on any atom is -0.483 e. The van der Waals surface area contributed by atoms with Gasteiger partial charge in [-0.05, 0) is 24.3 Å². The summed E-state index contributed by atoms with van der Waals surface area (Å²) in [6, 6.07) is 3.10. The summed E-state index contributed by atoms with van der Waals surface area (Å²) in [6.07, 6.45) is 7.15. The van der Waals surface area contributed by atoms with Gasteiger partial charge in [0.1, 0.15) is 6.61 Å². The minimum atomic E-state index is -1.62. The fourth-order valence-electron chi connectivity index (χ4n) is 2.44. The lowest BCUT2D eigenvalue weighted by atomic mass is 9.98. The van der Waals surface area contributed by atoms with E-state index in [1.54, 1.807) is 12.1 Å². The number of hydrogen-bond acceptors (Lipinski definition) is 2. The second kappa shape index (κ2) is 6.80. The monoisotopic (exact) mass is 348 g/mol. The first kappa shape index (κ1) is 16.8. The topological polar surface area (TPSA) is 37.4 Å². The van der Waals surface area contributed by atoms with Gasteiger partial charge < -0.3 is 9.72 Å². The van der Waals surface area contributed by atoms with Crippen LogP contribution in [0.2, 0.25) is 0 Å². The summed E-state index contributed by atoms with van der Waals surface area (Å²) in [5.74, 6) is -7.49. The van der Waals surface area contributed by atoms with E-state index in [0.717, 1.165) is 0 Å². The molecule has 25 heavy (non-hydrogen) atoms. The van der Waals surface area contributed by atoms with Gasteiger partial charge in [-0.1, -0.05) is 12.7 Å². The van der Waals surface area contributed by atoms with E-state index in [9.17, 15) is 17.6 Å². The number of benzene rings is 1. The summed E-state index contributed by atoms with van der Waals surface area (Å²) in [6.45, 7) is 3.02. The van der Waals surface area contributed by atoms with E-state index in [1.807, 2.05) is 0 Å². The molecule has 1 aliphatic heterocycles. The first-order chi connectivity index (χ1) is 12.1. The van der Waals surface area contributed by atoms with Crippen molar-refractivity contribution in [1.82, 2.24) is 4.98 Å². The molecule has 0 unspecified atom stereocenters. The van der Waals surface area contributed by atoms with Gasteiger partial charge >= 0.3 is 0 Å². The number of allylic oxidation sites excluding steroid dienone is 2. The standard InChI is InChI=1S/C18H12F4N2O/c1-2-9-25-18-16(21)14(19)13(15(20)17(18)22)12(10-5-3-7-23-10)11-6-4-8-24-11/h2-8,23H,1,9H2/b12-11+. The summed E-state index contributed by atoms with van der Waals surface area (Å²) >= 11 is 0. The average molecular weight is 348 g/mol. The number of aliphatic imine (C=N–C) groups is 1. The van der Waals surface area contributed by atoms with Gasteiger partial charge in [0.15, 0.2) is 17.4 Å². The number of aromatic nitrogens is 1. The van der Waals surface area contributed by atoms with Crippen molar-refractivity contribution >= 4 is 11.8 Å². The van der Waals surface area contributed by atoms with Crippen LogP contribution in [0.15, 0.2) is 53.8 Å². The maximum Gasteiger partial charge on any atom is 0.204 e. The molecule has 0 radical (unpaired) electrons. The average Bonchev–Trinajstić information content (AvgIpc) is 3.31. The molecule has 3 rings (SSSR count). The predicted molar refractivity (Wildman–Crippen MR) is 86.4 cm³/mol. The van der Waals surface area contributed by atoms with Crippen LogP contribution in [-0.2, 0) is 0 Å². The van der Waals surface area contributed by atoms with Gasteiger partial charge in [-0.15, -0.1) is 0 Å². The van der Waals surface area contributed by atoms with Crippen LogP contribution in [-0.4, -0.2) is 17.8 Å². The van der Waals surface area contributed by atoms with Gasteiger partial charge in [0.05, 0.1) is 11.3 Å². The highest BCUT2D eigenvalue weighted by molar-refractivity contribution is 5.88. The largest absolute Gasteiger partial charge is 0.483 e. The lowest BCUT2D eigenvalue weighted by Crippen LogP contribution is -2.09. The Morgan fingerprint density at radius 3 is 2.40 bits per heavy atom. The highest BCUT2D eigenvalue weighted by Gasteiger charge is 2.30. The van der Waals surface area contributed by atoms with E-state index >= 15 is 0 Å². The van der Waals surface area contributed by atoms with Crippen LogP contribution >= 0.6 is 0 Å². The lowest BCUT2D eigenvalue weighted by Gasteiger charge is -2.15. The molecule has 0 amide bonds. The zero-order chi connectivity index (χ0) is 18.0. The van der Waals surface area contributed by atoms with E-state index in [0.29, 0.717) is 0 Å². The van der Waals surface area contributed by atoms with Crippen LogP contribution in [0.4, 0.5) is 17.6 Å². The number of aromatic amines is 1. The SMILES string of the molecule is C=CCOc1c(F)c(F)c(/C(=C2\C=CC=N2)c2ccc[nH]2)c(F)c1F. The van der Waals surface area contributed by atoms with E-state index in [2.05, 4.69) is 16.6 Å². The van der Waals surface area contributed by atoms with Crippen molar-refractivity contribution < 1.29 is 22.3 Å². The molecule has 128 valence electrons. The minimum absolute atomic E-state index is 0.0990. The van der Waals surface area contributed by atoms with Crippen LogP contribution in [0, 0.1) is 23.3 Å². The summed E-state index contributed by atoms with van der Waals surface area (Å²) < 4.78 is 62.5. The number of nitrogens with one attached hydrogen (secondary N) is 1. The molecule has 0 atom stereocenters. The van der Waals surface area contributed by atoms with Gasteiger partial charge in [0.2, 0.25) is 11.6 Å². The molecule has 1 aliphatic rings. The quantitative estimate of drug-likeness (QED) is 0.481. The Labute approximate surface area is 140 Å². The molecule has 1 aromatic carbocycles.